The molecule has 1 N–H and O–H groups in total. The van der Waals surface area contributed by atoms with E-state index in [2.05, 4.69) is 15.6 Å². The molecule has 0 aliphatic rings. The molecule has 1 unspecified atom stereocenters. The van der Waals surface area contributed by atoms with Gasteiger partial charge in [-0.2, -0.15) is 5.26 Å². The van der Waals surface area contributed by atoms with E-state index < -0.39 is 17.6 Å². The maximum Gasteiger partial charge on any atom is 0.249 e. The van der Waals surface area contributed by atoms with Gasteiger partial charge in [-0.3, -0.25) is 9.59 Å². The van der Waals surface area contributed by atoms with Crippen LogP contribution in [0.15, 0.2) is 36.4 Å². The van der Waals surface area contributed by atoms with Gasteiger partial charge >= 0.3 is 0 Å². The molecule has 130 valence electrons. The summed E-state index contributed by atoms with van der Waals surface area (Å²) in [4.78, 5) is 25.0. The fourth-order valence-corrected chi connectivity index (χ4v) is 2.85. The van der Waals surface area contributed by atoms with Crippen LogP contribution in [-0.4, -0.2) is 26.7 Å². The van der Waals surface area contributed by atoms with E-state index in [4.69, 9.17) is 23.2 Å². The van der Waals surface area contributed by atoms with Gasteiger partial charge < -0.3 is 5.32 Å². The Balaban J connectivity index is 1.85. The van der Waals surface area contributed by atoms with Crippen LogP contribution in [0.3, 0.4) is 0 Å². The van der Waals surface area contributed by atoms with Gasteiger partial charge in [-0.25, -0.2) is 4.68 Å². The zero-order valence-electron chi connectivity index (χ0n) is 13.4. The second-order valence-electron chi connectivity index (χ2n) is 5.46. The monoisotopic (exact) mass is 387 g/mol. The smallest absolute Gasteiger partial charge is 0.249 e. The Morgan fingerprint density at radius 3 is 2.69 bits per heavy atom. The minimum atomic E-state index is -1.53. The third-order valence-corrected chi connectivity index (χ3v) is 4.29. The Hall–Kier alpha value is -2.95. The van der Waals surface area contributed by atoms with Crippen LogP contribution in [0.4, 0.5) is 5.69 Å². The van der Waals surface area contributed by atoms with E-state index in [1.807, 2.05) is 0 Å². The maximum atomic E-state index is 12.6. The van der Waals surface area contributed by atoms with Crippen molar-refractivity contribution in [3.05, 3.63) is 52.0 Å². The quantitative estimate of drug-likeness (QED) is 0.546. The van der Waals surface area contributed by atoms with E-state index in [-0.39, 0.29) is 16.3 Å². The number of fused-ring (bicyclic) bond motifs is 1. The van der Waals surface area contributed by atoms with Gasteiger partial charge in [-0.1, -0.05) is 28.4 Å². The van der Waals surface area contributed by atoms with E-state index >= 15 is 0 Å². The number of aryl methyl sites for hydroxylation is 1. The highest BCUT2D eigenvalue weighted by Crippen LogP contribution is 2.26. The molecule has 0 bridgehead atoms. The Morgan fingerprint density at radius 1 is 1.23 bits per heavy atom. The molecule has 0 aliphatic heterocycles. The molecule has 0 saturated carbocycles. The minimum Gasteiger partial charge on any atom is -0.323 e. The molecular formula is C17H11Cl2N5O2. The first-order chi connectivity index (χ1) is 12.4. The number of aromatic nitrogens is 3. The zero-order valence-corrected chi connectivity index (χ0v) is 14.9. The summed E-state index contributed by atoms with van der Waals surface area (Å²) in [5.41, 5.74) is 1.68. The van der Waals surface area contributed by atoms with E-state index in [0.29, 0.717) is 10.5 Å². The Morgan fingerprint density at radius 2 is 2.00 bits per heavy atom. The molecule has 0 radical (unpaired) electrons. The Labute approximate surface area is 158 Å². The van der Waals surface area contributed by atoms with Gasteiger partial charge in [0.05, 0.1) is 22.3 Å². The number of nitrogens with one attached hydrogen (secondary N) is 1. The molecule has 0 fully saturated rings. The normalized spacial score (nSPS) is 11.8. The van der Waals surface area contributed by atoms with Crippen LogP contribution in [-0.2, 0) is 11.8 Å². The van der Waals surface area contributed by atoms with Crippen molar-refractivity contribution in [3.8, 4) is 6.07 Å². The number of anilines is 1. The molecule has 1 aromatic heterocycles. The fraction of sp³-hybridized carbons (Fsp3) is 0.118. The number of halogens is 2. The molecule has 3 rings (SSSR count). The molecular weight excluding hydrogens is 377 g/mol. The molecule has 0 aliphatic carbocycles. The van der Waals surface area contributed by atoms with Gasteiger partial charge in [-0.05, 0) is 36.4 Å². The van der Waals surface area contributed by atoms with Crippen LogP contribution < -0.4 is 5.32 Å². The predicted molar refractivity (Wildman–Crippen MR) is 97.0 cm³/mol. The fourth-order valence-electron chi connectivity index (χ4n) is 2.39. The number of carbonyl (C=O) groups excluding carboxylic acids is 2. The lowest BCUT2D eigenvalue weighted by atomic mass is 9.97. The van der Waals surface area contributed by atoms with Gasteiger partial charge in [0.15, 0.2) is 11.7 Å². The highest BCUT2D eigenvalue weighted by atomic mass is 35.5. The second-order valence-corrected chi connectivity index (χ2v) is 6.30. The number of carbonyl (C=O) groups is 2. The summed E-state index contributed by atoms with van der Waals surface area (Å²) < 4.78 is 1.56. The van der Waals surface area contributed by atoms with Crippen molar-refractivity contribution in [1.29, 1.82) is 5.26 Å². The Kier molecular flexibility index (Phi) is 4.89. The SMILES string of the molecule is Cn1nnc2cc(C(=O)C(C#N)C(=O)Nc3ccc(Cl)cc3Cl)ccc21. The first kappa shape index (κ1) is 17.9. The average Bonchev–Trinajstić information content (AvgIpc) is 2.98. The largest absolute Gasteiger partial charge is 0.323 e. The van der Waals surface area contributed by atoms with E-state index in [1.165, 1.54) is 30.3 Å². The number of hydrogen-bond acceptors (Lipinski definition) is 5. The van der Waals surface area contributed by atoms with Crippen LogP contribution in [0, 0.1) is 17.2 Å². The van der Waals surface area contributed by atoms with Gasteiger partial charge in [0, 0.05) is 17.6 Å². The van der Waals surface area contributed by atoms with Crippen molar-refractivity contribution in [2.75, 3.05) is 5.32 Å². The number of nitriles is 1. The molecule has 7 nitrogen and oxygen atoms in total. The highest BCUT2D eigenvalue weighted by Gasteiger charge is 2.28. The van der Waals surface area contributed by atoms with E-state index in [0.717, 1.165) is 5.52 Å². The third-order valence-electron chi connectivity index (χ3n) is 3.74. The summed E-state index contributed by atoms with van der Waals surface area (Å²) >= 11 is 11.8. The first-order valence-corrected chi connectivity index (χ1v) is 8.15. The lowest BCUT2D eigenvalue weighted by Crippen LogP contribution is -2.28. The van der Waals surface area contributed by atoms with E-state index in [1.54, 1.807) is 23.9 Å². The van der Waals surface area contributed by atoms with Crippen molar-refractivity contribution in [1.82, 2.24) is 15.0 Å². The maximum absolute atomic E-state index is 12.6. The number of Topliss-reactive ketones (excluding diaryl/α,β-unsaturated/α-hetero) is 1. The topological polar surface area (TPSA) is 101 Å². The van der Waals surface area contributed by atoms with Crippen LogP contribution in [0.25, 0.3) is 11.0 Å². The van der Waals surface area contributed by atoms with Crippen molar-refractivity contribution < 1.29 is 9.59 Å². The predicted octanol–water partition coefficient (Wildman–Crippen LogP) is 3.24. The lowest BCUT2D eigenvalue weighted by Gasteiger charge is -2.11. The first-order valence-electron chi connectivity index (χ1n) is 7.40. The molecule has 1 atom stereocenters. The standard InChI is InChI=1S/C17H11Cl2N5O2/c1-24-15-5-2-9(6-14(15)22-23-24)16(25)11(8-20)17(26)21-13-4-3-10(18)7-12(13)19/h2-7,11H,1H3,(H,21,26). The van der Waals surface area contributed by atoms with Crippen LogP contribution in [0.1, 0.15) is 10.4 Å². The summed E-state index contributed by atoms with van der Waals surface area (Å²) in [5, 5.41) is 20.2. The number of nitrogens with zero attached hydrogens (tertiary/aromatic N) is 4. The summed E-state index contributed by atoms with van der Waals surface area (Å²) in [6.07, 6.45) is 0. The molecule has 1 amide bonds. The molecule has 3 aromatic rings. The van der Waals surface area contributed by atoms with Gasteiger partial charge in [0.25, 0.3) is 0 Å². The molecule has 0 spiro atoms. The minimum absolute atomic E-state index is 0.196. The second kappa shape index (κ2) is 7.12. The summed E-state index contributed by atoms with van der Waals surface area (Å²) in [7, 11) is 1.72. The number of hydrogen-bond donors (Lipinski definition) is 1. The Bertz CT molecular complexity index is 1070. The van der Waals surface area contributed by atoms with Crippen LogP contribution in [0.2, 0.25) is 10.0 Å². The van der Waals surface area contributed by atoms with Gasteiger partial charge in [0.1, 0.15) is 5.52 Å². The number of rotatable bonds is 4. The zero-order chi connectivity index (χ0) is 18.8. The number of amides is 1. The van der Waals surface area contributed by atoms with E-state index in [9.17, 15) is 14.9 Å². The molecule has 9 heteroatoms. The molecule has 26 heavy (non-hydrogen) atoms. The van der Waals surface area contributed by atoms with Crippen molar-refractivity contribution in [2.24, 2.45) is 13.0 Å². The molecule has 1 heterocycles. The third kappa shape index (κ3) is 3.38. The number of ketones is 1. The van der Waals surface area contributed by atoms with Gasteiger partial charge in [-0.15, -0.1) is 5.10 Å². The van der Waals surface area contributed by atoms with Crippen molar-refractivity contribution >= 4 is 51.6 Å². The summed E-state index contributed by atoms with van der Waals surface area (Å²) in [6, 6.07) is 10.9. The summed E-state index contributed by atoms with van der Waals surface area (Å²) in [5.74, 6) is -2.94. The van der Waals surface area contributed by atoms with Crippen LogP contribution >= 0.6 is 23.2 Å². The molecule has 0 saturated heterocycles. The lowest BCUT2D eigenvalue weighted by molar-refractivity contribution is -0.117. The highest BCUT2D eigenvalue weighted by molar-refractivity contribution is 6.36. The van der Waals surface area contributed by atoms with Crippen LogP contribution in [0.5, 0.6) is 0 Å². The molecule has 2 aromatic carbocycles. The average molecular weight is 388 g/mol. The van der Waals surface area contributed by atoms with Crippen molar-refractivity contribution in [2.45, 2.75) is 0 Å². The van der Waals surface area contributed by atoms with Gasteiger partial charge in [0.2, 0.25) is 5.91 Å². The number of benzene rings is 2. The summed E-state index contributed by atoms with van der Waals surface area (Å²) in [6.45, 7) is 0. The van der Waals surface area contributed by atoms with Crippen molar-refractivity contribution in [3.63, 3.8) is 0 Å².